The van der Waals surface area contributed by atoms with Crippen LogP contribution in [0.1, 0.15) is 33.0 Å². The standard InChI is InChI=1S/C27H24N2O3/c1-17-11-13-18(14-12-17)21-15-29(2)27(20-8-4-5-9-22(20)28-25(27)31)26(21)16-32-23-10-6-3-7-19(23)24(26)30/h3-14,21H,15-16H2,1-2H3,(H,28,31)/t21-,26+,27-/m1/s1. The number of likely N-dealkylation sites (tertiary alicyclic amines) is 1. The van der Waals surface area contributed by atoms with Crippen molar-refractivity contribution in [2.45, 2.75) is 18.4 Å². The number of hydrogen-bond donors (Lipinski definition) is 1. The average molecular weight is 425 g/mol. The third-order valence-corrected chi connectivity index (χ3v) is 7.64. The summed E-state index contributed by atoms with van der Waals surface area (Å²) >= 11 is 0. The van der Waals surface area contributed by atoms with Gasteiger partial charge in [0.2, 0.25) is 0 Å². The monoisotopic (exact) mass is 424 g/mol. The number of amides is 1. The lowest BCUT2D eigenvalue weighted by Gasteiger charge is -2.47. The number of carbonyl (C=O) groups excluding carboxylic acids is 2. The number of fused-ring (bicyclic) bond motifs is 4. The summed E-state index contributed by atoms with van der Waals surface area (Å²) in [7, 11) is 1.95. The third-order valence-electron chi connectivity index (χ3n) is 7.64. The Hall–Kier alpha value is -3.44. The second kappa shape index (κ2) is 6.53. The number of hydrogen-bond acceptors (Lipinski definition) is 4. The summed E-state index contributed by atoms with van der Waals surface area (Å²) in [6, 6.07) is 23.4. The fraction of sp³-hybridized carbons (Fsp3) is 0.259. The van der Waals surface area contributed by atoms with Gasteiger partial charge in [-0.3, -0.25) is 14.5 Å². The molecule has 1 amide bonds. The molecule has 0 bridgehead atoms. The normalized spacial score (nSPS) is 28.5. The molecule has 3 heterocycles. The van der Waals surface area contributed by atoms with E-state index in [0.29, 0.717) is 17.9 Å². The number of carbonyl (C=O) groups is 2. The Kier molecular flexibility index (Phi) is 3.93. The third kappa shape index (κ3) is 2.16. The number of nitrogens with zero attached hydrogens (tertiary/aromatic N) is 1. The molecule has 0 aromatic heterocycles. The molecule has 6 rings (SSSR count). The molecule has 160 valence electrons. The summed E-state index contributed by atoms with van der Waals surface area (Å²) < 4.78 is 6.28. The number of rotatable bonds is 1. The number of nitrogens with one attached hydrogen (secondary N) is 1. The van der Waals surface area contributed by atoms with Gasteiger partial charge in [0.15, 0.2) is 5.78 Å². The first kappa shape index (κ1) is 19.3. The highest BCUT2D eigenvalue weighted by Gasteiger charge is 2.75. The van der Waals surface area contributed by atoms with Crippen LogP contribution in [0.2, 0.25) is 0 Å². The Labute approximate surface area is 187 Å². The predicted octanol–water partition coefficient (Wildman–Crippen LogP) is 4.13. The van der Waals surface area contributed by atoms with Gasteiger partial charge >= 0.3 is 0 Å². The van der Waals surface area contributed by atoms with Gasteiger partial charge in [-0.1, -0.05) is 60.2 Å². The van der Waals surface area contributed by atoms with Crippen LogP contribution in [0.5, 0.6) is 5.75 Å². The number of para-hydroxylation sites is 2. The quantitative estimate of drug-likeness (QED) is 0.638. The second-order valence-electron chi connectivity index (χ2n) is 9.14. The molecule has 1 N–H and O–H groups in total. The zero-order valence-electron chi connectivity index (χ0n) is 18.1. The van der Waals surface area contributed by atoms with E-state index in [0.717, 1.165) is 22.4 Å². The van der Waals surface area contributed by atoms with E-state index in [1.807, 2.05) is 62.5 Å². The van der Waals surface area contributed by atoms with Gasteiger partial charge in [0.05, 0.1) is 5.56 Å². The minimum absolute atomic E-state index is 0.0267. The van der Waals surface area contributed by atoms with Crippen LogP contribution in [0, 0.1) is 12.3 Å². The van der Waals surface area contributed by atoms with Gasteiger partial charge in [-0.05, 0) is 37.7 Å². The molecule has 3 aliphatic heterocycles. The van der Waals surface area contributed by atoms with E-state index in [4.69, 9.17) is 4.74 Å². The van der Waals surface area contributed by atoms with Crippen molar-refractivity contribution in [3.05, 3.63) is 95.1 Å². The van der Waals surface area contributed by atoms with Crippen LogP contribution in [0.3, 0.4) is 0 Å². The molecule has 3 aliphatic rings. The van der Waals surface area contributed by atoms with Gasteiger partial charge in [-0.2, -0.15) is 0 Å². The zero-order chi connectivity index (χ0) is 22.1. The lowest BCUT2D eigenvalue weighted by atomic mass is 9.57. The van der Waals surface area contributed by atoms with Crippen LogP contribution in [-0.2, 0) is 10.3 Å². The molecule has 5 nitrogen and oxygen atoms in total. The van der Waals surface area contributed by atoms with E-state index in [2.05, 4.69) is 34.5 Å². The first-order valence-corrected chi connectivity index (χ1v) is 11.0. The van der Waals surface area contributed by atoms with Gasteiger partial charge < -0.3 is 10.1 Å². The molecule has 1 saturated heterocycles. The highest BCUT2D eigenvalue weighted by atomic mass is 16.5. The molecule has 5 heteroatoms. The first-order chi connectivity index (χ1) is 15.5. The number of anilines is 1. The number of aryl methyl sites for hydroxylation is 1. The van der Waals surface area contributed by atoms with Crippen molar-refractivity contribution in [3.63, 3.8) is 0 Å². The van der Waals surface area contributed by atoms with E-state index < -0.39 is 11.0 Å². The maximum Gasteiger partial charge on any atom is 0.250 e. The molecule has 0 saturated carbocycles. The number of Topliss-reactive ketones (excluding diaryl/α,β-unsaturated/α-hetero) is 1. The Bertz CT molecular complexity index is 1270. The van der Waals surface area contributed by atoms with Gasteiger partial charge in [-0.25, -0.2) is 0 Å². The van der Waals surface area contributed by atoms with Crippen molar-refractivity contribution < 1.29 is 14.3 Å². The molecule has 3 aromatic rings. The molecule has 0 radical (unpaired) electrons. The average Bonchev–Trinajstić information content (AvgIpc) is 3.25. The molecule has 32 heavy (non-hydrogen) atoms. The molecule has 0 aliphatic carbocycles. The van der Waals surface area contributed by atoms with Crippen molar-refractivity contribution >= 4 is 17.4 Å². The fourth-order valence-corrected chi connectivity index (χ4v) is 6.22. The second-order valence-corrected chi connectivity index (χ2v) is 9.14. The Morgan fingerprint density at radius 2 is 1.69 bits per heavy atom. The minimum atomic E-state index is -1.15. The van der Waals surface area contributed by atoms with E-state index in [9.17, 15) is 9.59 Å². The lowest BCUT2D eigenvalue weighted by molar-refractivity contribution is -0.131. The molecule has 0 unspecified atom stereocenters. The number of benzene rings is 3. The van der Waals surface area contributed by atoms with Crippen molar-refractivity contribution in [2.75, 3.05) is 25.5 Å². The fourth-order valence-electron chi connectivity index (χ4n) is 6.22. The largest absolute Gasteiger partial charge is 0.492 e. The van der Waals surface area contributed by atoms with Crippen LogP contribution in [0.25, 0.3) is 0 Å². The maximum absolute atomic E-state index is 14.5. The summed E-state index contributed by atoms with van der Waals surface area (Å²) in [5.41, 5.74) is 2.12. The molecular weight excluding hydrogens is 400 g/mol. The summed E-state index contributed by atoms with van der Waals surface area (Å²) in [4.78, 5) is 30.4. The highest BCUT2D eigenvalue weighted by molar-refractivity contribution is 6.15. The summed E-state index contributed by atoms with van der Waals surface area (Å²) in [5, 5.41) is 3.07. The van der Waals surface area contributed by atoms with Crippen molar-refractivity contribution in [3.8, 4) is 5.75 Å². The van der Waals surface area contributed by atoms with Gasteiger partial charge in [0.25, 0.3) is 5.91 Å². The predicted molar refractivity (Wildman–Crippen MR) is 122 cm³/mol. The van der Waals surface area contributed by atoms with Gasteiger partial charge in [0.1, 0.15) is 23.3 Å². The maximum atomic E-state index is 14.5. The van der Waals surface area contributed by atoms with Crippen LogP contribution < -0.4 is 10.1 Å². The van der Waals surface area contributed by atoms with Gasteiger partial charge in [0, 0.05) is 23.7 Å². The van der Waals surface area contributed by atoms with Crippen molar-refractivity contribution in [1.29, 1.82) is 0 Å². The summed E-state index contributed by atoms with van der Waals surface area (Å²) in [6.45, 7) is 2.77. The van der Waals surface area contributed by atoms with Gasteiger partial charge in [-0.15, -0.1) is 0 Å². The number of likely N-dealkylation sites (N-methyl/N-ethyl adjacent to an activating group) is 1. The molecule has 3 aromatic carbocycles. The first-order valence-electron chi connectivity index (χ1n) is 11.0. The Balaban J connectivity index is 1.67. The minimum Gasteiger partial charge on any atom is -0.492 e. The van der Waals surface area contributed by atoms with Crippen molar-refractivity contribution in [1.82, 2.24) is 4.90 Å². The van der Waals surface area contributed by atoms with Crippen LogP contribution in [0.15, 0.2) is 72.8 Å². The molecular formula is C27H24N2O3. The molecule has 3 atom stereocenters. The van der Waals surface area contributed by atoms with Crippen LogP contribution in [0.4, 0.5) is 5.69 Å². The molecule has 2 spiro atoms. The van der Waals surface area contributed by atoms with Crippen molar-refractivity contribution in [2.24, 2.45) is 5.41 Å². The number of ketones is 1. The Morgan fingerprint density at radius 3 is 2.50 bits per heavy atom. The summed E-state index contributed by atoms with van der Waals surface area (Å²) in [6.07, 6.45) is 0. The lowest BCUT2D eigenvalue weighted by Crippen LogP contribution is -2.62. The van der Waals surface area contributed by atoms with E-state index in [1.54, 1.807) is 0 Å². The SMILES string of the molecule is Cc1ccc([C@H]2CN(C)[C@]3(C(=O)Nc4ccccc43)[C@@]23COc2ccccc2C3=O)cc1. The van der Waals surface area contributed by atoms with E-state index in [-0.39, 0.29) is 24.2 Å². The topological polar surface area (TPSA) is 58.6 Å². The molecule has 1 fully saturated rings. The smallest absolute Gasteiger partial charge is 0.250 e. The summed E-state index contributed by atoms with van der Waals surface area (Å²) in [5.74, 6) is 0.196. The van der Waals surface area contributed by atoms with E-state index in [1.165, 1.54) is 0 Å². The zero-order valence-corrected chi connectivity index (χ0v) is 18.1. The number of ether oxygens (including phenoxy) is 1. The Morgan fingerprint density at radius 1 is 0.969 bits per heavy atom. The highest BCUT2D eigenvalue weighted by Crippen LogP contribution is 2.64. The van der Waals surface area contributed by atoms with Crippen LogP contribution >= 0.6 is 0 Å². The van der Waals surface area contributed by atoms with E-state index >= 15 is 0 Å². The van der Waals surface area contributed by atoms with Crippen LogP contribution in [-0.4, -0.2) is 36.8 Å².